The van der Waals surface area contributed by atoms with Crippen LogP contribution in [0.1, 0.15) is 26.5 Å². The fraction of sp³-hybridized carbons (Fsp3) is 0.333. The van der Waals surface area contributed by atoms with E-state index in [1.807, 2.05) is 18.2 Å². The van der Waals surface area contributed by atoms with Crippen LogP contribution in [0.4, 0.5) is 5.95 Å². The van der Waals surface area contributed by atoms with E-state index in [-0.39, 0.29) is 5.41 Å². The van der Waals surface area contributed by atoms with E-state index < -0.39 is 0 Å². The average Bonchev–Trinajstić information content (AvgIpc) is 2.14. The van der Waals surface area contributed by atoms with Gasteiger partial charge in [0.2, 0.25) is 5.95 Å². The van der Waals surface area contributed by atoms with Crippen molar-refractivity contribution in [3.63, 3.8) is 0 Å². The van der Waals surface area contributed by atoms with Gasteiger partial charge in [0.25, 0.3) is 0 Å². The number of halogens is 1. The Kier molecular flexibility index (Phi) is 2.50. The summed E-state index contributed by atoms with van der Waals surface area (Å²) in [7, 11) is 0. The third kappa shape index (κ3) is 1.95. The molecule has 0 saturated heterocycles. The van der Waals surface area contributed by atoms with Gasteiger partial charge >= 0.3 is 0 Å². The monoisotopic (exact) mass is 235 g/mol. The lowest BCUT2D eigenvalue weighted by atomic mass is 9.89. The Bertz CT molecular complexity index is 538. The van der Waals surface area contributed by atoms with E-state index in [2.05, 4.69) is 30.7 Å². The molecule has 84 valence electrons. The molecule has 1 heterocycles. The fourth-order valence-electron chi connectivity index (χ4n) is 1.69. The number of hydrogen-bond acceptors (Lipinski definition) is 3. The number of fused-ring (bicyclic) bond motifs is 1. The minimum Gasteiger partial charge on any atom is -0.368 e. The zero-order valence-electron chi connectivity index (χ0n) is 9.58. The van der Waals surface area contributed by atoms with Gasteiger partial charge in [0, 0.05) is 15.8 Å². The van der Waals surface area contributed by atoms with Crippen LogP contribution in [0.3, 0.4) is 0 Å². The number of aromatic nitrogens is 2. The zero-order chi connectivity index (χ0) is 11.9. The Morgan fingerprint density at radius 2 is 1.88 bits per heavy atom. The van der Waals surface area contributed by atoms with Gasteiger partial charge in [0.15, 0.2) is 0 Å². The normalized spacial score (nSPS) is 12.0. The molecule has 0 fully saturated rings. The van der Waals surface area contributed by atoms with E-state index in [0.717, 1.165) is 16.6 Å². The molecule has 16 heavy (non-hydrogen) atoms. The SMILES string of the molecule is CC(C)(C)c1nc(N)nc2cc(Cl)ccc12. The first-order valence-electron chi connectivity index (χ1n) is 5.11. The van der Waals surface area contributed by atoms with Gasteiger partial charge in [-0.2, -0.15) is 0 Å². The highest BCUT2D eigenvalue weighted by atomic mass is 35.5. The average molecular weight is 236 g/mol. The van der Waals surface area contributed by atoms with Gasteiger partial charge in [0.1, 0.15) is 0 Å². The van der Waals surface area contributed by atoms with E-state index >= 15 is 0 Å². The number of anilines is 1. The molecule has 0 bridgehead atoms. The fourth-order valence-corrected chi connectivity index (χ4v) is 1.86. The third-order valence-corrected chi connectivity index (χ3v) is 2.62. The Balaban J connectivity index is 2.83. The van der Waals surface area contributed by atoms with E-state index in [0.29, 0.717) is 11.0 Å². The molecule has 1 aromatic heterocycles. The molecule has 4 heteroatoms. The second-order valence-corrected chi connectivity index (χ2v) is 5.28. The van der Waals surface area contributed by atoms with Crippen molar-refractivity contribution in [1.29, 1.82) is 0 Å². The van der Waals surface area contributed by atoms with Crippen molar-refractivity contribution in [1.82, 2.24) is 9.97 Å². The van der Waals surface area contributed by atoms with Gasteiger partial charge in [-0.3, -0.25) is 0 Å². The molecule has 0 unspecified atom stereocenters. The Morgan fingerprint density at radius 3 is 2.50 bits per heavy atom. The lowest BCUT2D eigenvalue weighted by Gasteiger charge is -2.20. The summed E-state index contributed by atoms with van der Waals surface area (Å²) in [6.07, 6.45) is 0. The molecule has 0 aliphatic carbocycles. The van der Waals surface area contributed by atoms with Gasteiger partial charge in [-0.15, -0.1) is 0 Å². The van der Waals surface area contributed by atoms with Gasteiger partial charge in [0.05, 0.1) is 11.2 Å². The molecule has 0 spiro atoms. The Hall–Kier alpha value is -1.35. The number of benzene rings is 1. The lowest BCUT2D eigenvalue weighted by molar-refractivity contribution is 0.575. The van der Waals surface area contributed by atoms with Crippen molar-refractivity contribution in [2.45, 2.75) is 26.2 Å². The highest BCUT2D eigenvalue weighted by Gasteiger charge is 2.20. The minimum absolute atomic E-state index is 0.0663. The predicted molar refractivity (Wildman–Crippen MR) is 67.7 cm³/mol. The molecule has 3 nitrogen and oxygen atoms in total. The van der Waals surface area contributed by atoms with Gasteiger partial charge in [-0.25, -0.2) is 9.97 Å². The second-order valence-electron chi connectivity index (χ2n) is 4.84. The van der Waals surface area contributed by atoms with E-state index in [1.54, 1.807) is 0 Å². The summed E-state index contributed by atoms with van der Waals surface area (Å²) in [6, 6.07) is 5.60. The van der Waals surface area contributed by atoms with Crippen LogP contribution in [0.5, 0.6) is 0 Å². The topological polar surface area (TPSA) is 51.8 Å². The van der Waals surface area contributed by atoms with Crippen LogP contribution >= 0.6 is 11.6 Å². The van der Waals surface area contributed by atoms with Crippen LogP contribution in [0, 0.1) is 0 Å². The van der Waals surface area contributed by atoms with Gasteiger partial charge in [-0.1, -0.05) is 32.4 Å². The van der Waals surface area contributed by atoms with Crippen LogP contribution in [0.15, 0.2) is 18.2 Å². The van der Waals surface area contributed by atoms with E-state index in [4.69, 9.17) is 17.3 Å². The van der Waals surface area contributed by atoms with Crippen molar-refractivity contribution in [2.75, 3.05) is 5.73 Å². The molecule has 2 N–H and O–H groups in total. The van der Waals surface area contributed by atoms with Crippen molar-refractivity contribution in [3.05, 3.63) is 28.9 Å². The summed E-state index contributed by atoms with van der Waals surface area (Å²) in [5, 5.41) is 1.66. The number of rotatable bonds is 0. The van der Waals surface area contributed by atoms with Crippen LogP contribution in [0.2, 0.25) is 5.02 Å². The predicted octanol–water partition coefficient (Wildman–Crippen LogP) is 3.16. The van der Waals surface area contributed by atoms with Gasteiger partial charge < -0.3 is 5.73 Å². The van der Waals surface area contributed by atoms with Crippen LogP contribution in [0.25, 0.3) is 10.9 Å². The number of nitrogens with two attached hydrogens (primary N) is 1. The molecule has 2 aromatic rings. The second kappa shape index (κ2) is 3.59. The Morgan fingerprint density at radius 1 is 1.19 bits per heavy atom. The largest absolute Gasteiger partial charge is 0.368 e. The molecule has 0 radical (unpaired) electrons. The number of hydrogen-bond donors (Lipinski definition) is 1. The Labute approximate surface area is 99.7 Å². The molecule has 0 saturated carbocycles. The molecule has 0 atom stereocenters. The summed E-state index contributed by atoms with van der Waals surface area (Å²) in [4.78, 5) is 8.52. The van der Waals surface area contributed by atoms with Crippen LogP contribution < -0.4 is 5.73 Å². The van der Waals surface area contributed by atoms with Crippen LogP contribution in [-0.2, 0) is 5.41 Å². The summed E-state index contributed by atoms with van der Waals surface area (Å²) in [5.74, 6) is 0.291. The molecule has 0 aliphatic rings. The summed E-state index contributed by atoms with van der Waals surface area (Å²) >= 11 is 5.94. The minimum atomic E-state index is -0.0663. The molecule has 2 rings (SSSR count). The first-order chi connectivity index (χ1) is 7.38. The van der Waals surface area contributed by atoms with Crippen molar-refractivity contribution < 1.29 is 0 Å². The summed E-state index contributed by atoms with van der Waals surface area (Å²) in [6.45, 7) is 6.30. The lowest BCUT2D eigenvalue weighted by Crippen LogP contribution is -2.16. The highest BCUT2D eigenvalue weighted by molar-refractivity contribution is 6.31. The highest BCUT2D eigenvalue weighted by Crippen LogP contribution is 2.29. The van der Waals surface area contributed by atoms with Crippen molar-refractivity contribution >= 4 is 28.5 Å². The molecular formula is C12H14ClN3. The van der Waals surface area contributed by atoms with Crippen molar-refractivity contribution in [2.24, 2.45) is 0 Å². The first kappa shape index (κ1) is 11.1. The maximum absolute atomic E-state index is 5.94. The van der Waals surface area contributed by atoms with Crippen molar-refractivity contribution in [3.8, 4) is 0 Å². The standard InChI is InChI=1S/C12H14ClN3/c1-12(2,3)10-8-5-4-7(13)6-9(8)15-11(14)16-10/h4-6H,1-3H3,(H2,14,15,16). The van der Waals surface area contributed by atoms with Crippen LogP contribution in [-0.4, -0.2) is 9.97 Å². The maximum atomic E-state index is 5.94. The molecule has 1 aromatic carbocycles. The van der Waals surface area contributed by atoms with Gasteiger partial charge in [-0.05, 0) is 18.2 Å². The number of nitrogens with zero attached hydrogens (tertiary/aromatic N) is 2. The summed E-state index contributed by atoms with van der Waals surface area (Å²) in [5.41, 5.74) is 7.39. The van der Waals surface area contributed by atoms with E-state index in [1.165, 1.54) is 0 Å². The van der Waals surface area contributed by atoms with E-state index in [9.17, 15) is 0 Å². The molecule has 0 amide bonds. The quantitative estimate of drug-likeness (QED) is 0.763. The molecule has 0 aliphatic heterocycles. The first-order valence-corrected chi connectivity index (χ1v) is 5.49. The zero-order valence-corrected chi connectivity index (χ0v) is 10.3. The number of nitrogen functional groups attached to an aromatic ring is 1. The summed E-state index contributed by atoms with van der Waals surface area (Å²) < 4.78 is 0. The maximum Gasteiger partial charge on any atom is 0.220 e. The molecular weight excluding hydrogens is 222 g/mol. The smallest absolute Gasteiger partial charge is 0.220 e. The third-order valence-electron chi connectivity index (χ3n) is 2.39.